The zero-order chi connectivity index (χ0) is 16.9. The number of carbonyl (C=O) groups is 1. The molecule has 2 saturated heterocycles. The smallest absolute Gasteiger partial charge is 0.239 e. The van der Waals surface area contributed by atoms with E-state index in [1.165, 1.54) is 24.8 Å². The van der Waals surface area contributed by atoms with E-state index in [1.807, 2.05) is 4.90 Å². The summed E-state index contributed by atoms with van der Waals surface area (Å²) >= 11 is 0. The van der Waals surface area contributed by atoms with E-state index in [2.05, 4.69) is 54.4 Å². The number of piperidine rings is 1. The van der Waals surface area contributed by atoms with Gasteiger partial charge in [0.15, 0.2) is 0 Å². The molecule has 26 heavy (non-hydrogen) atoms. The standard InChI is InChI=1S/C20H31N3O.2ClH/c1-16-15-23(13-10-21-16)20(24)17(2)22-11-8-19(9-12-22)14-18-6-4-3-5-7-18;;/h3-7,16-17,19,21H,8-15H2,1-2H3;2*1H. The lowest BCUT2D eigenvalue weighted by Gasteiger charge is -2.39. The number of carbonyl (C=O) groups excluding carboxylic acids is 1. The Morgan fingerprint density at radius 2 is 1.81 bits per heavy atom. The second kappa shape index (κ2) is 11.1. The van der Waals surface area contributed by atoms with Crippen LogP contribution in [0.5, 0.6) is 0 Å². The Bertz CT molecular complexity index is 535. The van der Waals surface area contributed by atoms with Gasteiger partial charge in [-0.25, -0.2) is 0 Å². The van der Waals surface area contributed by atoms with Crippen molar-refractivity contribution >= 4 is 30.7 Å². The molecule has 2 aliphatic rings. The number of hydrogen-bond donors (Lipinski definition) is 1. The van der Waals surface area contributed by atoms with Crippen molar-refractivity contribution < 1.29 is 4.79 Å². The van der Waals surface area contributed by atoms with Gasteiger partial charge in [0.25, 0.3) is 0 Å². The monoisotopic (exact) mass is 401 g/mol. The van der Waals surface area contributed by atoms with Gasteiger partial charge < -0.3 is 10.2 Å². The van der Waals surface area contributed by atoms with Crippen LogP contribution >= 0.6 is 24.8 Å². The van der Waals surface area contributed by atoms with E-state index < -0.39 is 0 Å². The molecule has 3 rings (SSSR count). The van der Waals surface area contributed by atoms with Crippen LogP contribution in [0.15, 0.2) is 30.3 Å². The summed E-state index contributed by atoms with van der Waals surface area (Å²) in [5.41, 5.74) is 1.44. The van der Waals surface area contributed by atoms with Crippen LogP contribution in [-0.2, 0) is 11.2 Å². The summed E-state index contributed by atoms with van der Waals surface area (Å²) in [5, 5.41) is 3.41. The van der Waals surface area contributed by atoms with Gasteiger partial charge >= 0.3 is 0 Å². The van der Waals surface area contributed by atoms with E-state index in [9.17, 15) is 4.79 Å². The van der Waals surface area contributed by atoms with Crippen LogP contribution in [0.4, 0.5) is 0 Å². The summed E-state index contributed by atoms with van der Waals surface area (Å²) in [4.78, 5) is 17.2. The lowest BCUT2D eigenvalue weighted by molar-refractivity contribution is -0.138. The van der Waals surface area contributed by atoms with Crippen molar-refractivity contribution in [2.45, 2.75) is 45.2 Å². The quantitative estimate of drug-likeness (QED) is 0.841. The Morgan fingerprint density at radius 1 is 1.15 bits per heavy atom. The first-order valence-corrected chi connectivity index (χ1v) is 9.43. The maximum absolute atomic E-state index is 12.8. The van der Waals surface area contributed by atoms with Gasteiger partial charge in [-0.15, -0.1) is 24.8 Å². The molecule has 1 aromatic rings. The molecule has 4 nitrogen and oxygen atoms in total. The number of nitrogens with one attached hydrogen (secondary N) is 1. The summed E-state index contributed by atoms with van der Waals surface area (Å²) in [6, 6.07) is 11.2. The molecule has 6 heteroatoms. The first-order valence-electron chi connectivity index (χ1n) is 9.43. The molecule has 0 aliphatic carbocycles. The minimum absolute atomic E-state index is 0. The average Bonchev–Trinajstić information content (AvgIpc) is 2.62. The van der Waals surface area contributed by atoms with Crippen LogP contribution in [0, 0.1) is 5.92 Å². The Labute approximate surface area is 170 Å². The van der Waals surface area contributed by atoms with Crippen LogP contribution in [0.1, 0.15) is 32.3 Å². The fourth-order valence-corrected chi connectivity index (χ4v) is 4.04. The molecule has 2 heterocycles. The minimum atomic E-state index is 0. The number of piperazine rings is 1. The molecule has 0 spiro atoms. The summed E-state index contributed by atoms with van der Waals surface area (Å²) in [5.74, 6) is 1.06. The third-order valence-corrected chi connectivity index (χ3v) is 5.60. The molecule has 2 aliphatic heterocycles. The highest BCUT2D eigenvalue weighted by atomic mass is 35.5. The number of hydrogen-bond acceptors (Lipinski definition) is 3. The van der Waals surface area contributed by atoms with Gasteiger partial charge in [0, 0.05) is 25.7 Å². The van der Waals surface area contributed by atoms with Gasteiger partial charge in [0.05, 0.1) is 6.04 Å². The Morgan fingerprint density at radius 3 is 2.42 bits per heavy atom. The third-order valence-electron chi connectivity index (χ3n) is 5.60. The van der Waals surface area contributed by atoms with Crippen molar-refractivity contribution in [3.8, 4) is 0 Å². The summed E-state index contributed by atoms with van der Waals surface area (Å²) in [6.45, 7) is 8.94. The second-order valence-electron chi connectivity index (χ2n) is 7.48. The second-order valence-corrected chi connectivity index (χ2v) is 7.48. The molecule has 0 saturated carbocycles. The summed E-state index contributed by atoms with van der Waals surface area (Å²) < 4.78 is 0. The first-order chi connectivity index (χ1) is 11.6. The molecular formula is C20H33Cl2N3O. The Kier molecular flexibility index (Phi) is 9.94. The highest BCUT2D eigenvalue weighted by molar-refractivity contribution is 5.85. The number of likely N-dealkylation sites (tertiary alicyclic amines) is 1. The van der Waals surface area contributed by atoms with Gasteiger partial charge in [-0.2, -0.15) is 0 Å². The number of rotatable bonds is 4. The third kappa shape index (κ3) is 6.12. The zero-order valence-corrected chi connectivity index (χ0v) is 17.5. The highest BCUT2D eigenvalue weighted by Crippen LogP contribution is 2.23. The van der Waals surface area contributed by atoms with E-state index in [1.54, 1.807) is 0 Å². The zero-order valence-electron chi connectivity index (χ0n) is 15.9. The predicted molar refractivity (Wildman–Crippen MR) is 112 cm³/mol. The molecule has 148 valence electrons. The number of nitrogens with zero attached hydrogens (tertiary/aromatic N) is 2. The fourth-order valence-electron chi connectivity index (χ4n) is 4.04. The summed E-state index contributed by atoms with van der Waals surface area (Å²) in [7, 11) is 0. The largest absolute Gasteiger partial charge is 0.339 e. The van der Waals surface area contributed by atoms with E-state index in [4.69, 9.17) is 0 Å². The van der Waals surface area contributed by atoms with Crippen molar-refractivity contribution in [2.75, 3.05) is 32.7 Å². The lowest BCUT2D eigenvalue weighted by atomic mass is 9.89. The normalized spacial score (nSPS) is 22.8. The number of halogens is 2. The number of benzene rings is 1. The predicted octanol–water partition coefficient (Wildman–Crippen LogP) is 2.99. The lowest BCUT2D eigenvalue weighted by Crippen LogP contribution is -2.56. The van der Waals surface area contributed by atoms with Gasteiger partial charge in [0.2, 0.25) is 5.91 Å². The Balaban J connectivity index is 0.00000169. The molecular weight excluding hydrogens is 369 g/mol. The van der Waals surface area contributed by atoms with E-state index in [0.717, 1.165) is 38.6 Å². The van der Waals surface area contributed by atoms with Gasteiger partial charge in [-0.3, -0.25) is 9.69 Å². The highest BCUT2D eigenvalue weighted by Gasteiger charge is 2.30. The van der Waals surface area contributed by atoms with Gasteiger partial charge in [-0.1, -0.05) is 30.3 Å². The average molecular weight is 402 g/mol. The van der Waals surface area contributed by atoms with Crippen molar-refractivity contribution in [2.24, 2.45) is 5.92 Å². The Hall–Kier alpha value is -0.810. The molecule has 1 N–H and O–H groups in total. The van der Waals surface area contributed by atoms with E-state index in [0.29, 0.717) is 11.9 Å². The molecule has 1 amide bonds. The van der Waals surface area contributed by atoms with Crippen molar-refractivity contribution in [1.29, 1.82) is 0 Å². The van der Waals surface area contributed by atoms with Crippen LogP contribution < -0.4 is 5.32 Å². The topological polar surface area (TPSA) is 35.6 Å². The van der Waals surface area contributed by atoms with E-state index >= 15 is 0 Å². The molecule has 2 fully saturated rings. The molecule has 1 aromatic carbocycles. The summed E-state index contributed by atoms with van der Waals surface area (Å²) in [6.07, 6.45) is 3.57. The van der Waals surface area contributed by atoms with Crippen molar-refractivity contribution in [3.63, 3.8) is 0 Å². The van der Waals surface area contributed by atoms with Crippen LogP contribution in [-0.4, -0.2) is 60.5 Å². The molecule has 2 atom stereocenters. The fraction of sp³-hybridized carbons (Fsp3) is 0.650. The minimum Gasteiger partial charge on any atom is -0.339 e. The maximum Gasteiger partial charge on any atom is 0.239 e. The van der Waals surface area contributed by atoms with Gasteiger partial charge in [0.1, 0.15) is 0 Å². The van der Waals surface area contributed by atoms with Crippen molar-refractivity contribution in [1.82, 2.24) is 15.1 Å². The SMILES string of the molecule is CC1CN(C(=O)C(C)N2CCC(Cc3ccccc3)CC2)CCN1.Cl.Cl. The first kappa shape index (κ1) is 23.2. The van der Waals surface area contributed by atoms with E-state index in [-0.39, 0.29) is 30.9 Å². The molecule has 0 bridgehead atoms. The van der Waals surface area contributed by atoms with Gasteiger partial charge in [-0.05, 0) is 57.7 Å². The van der Waals surface area contributed by atoms with Crippen LogP contribution in [0.3, 0.4) is 0 Å². The molecule has 2 unspecified atom stereocenters. The number of amides is 1. The molecule has 0 radical (unpaired) electrons. The van der Waals surface area contributed by atoms with Crippen LogP contribution in [0.2, 0.25) is 0 Å². The molecule has 0 aromatic heterocycles. The van der Waals surface area contributed by atoms with Crippen molar-refractivity contribution in [3.05, 3.63) is 35.9 Å². The van der Waals surface area contributed by atoms with Crippen LogP contribution in [0.25, 0.3) is 0 Å². The maximum atomic E-state index is 12.8.